The van der Waals surface area contributed by atoms with E-state index in [0.29, 0.717) is 0 Å². The maximum absolute atomic E-state index is 12.7. The number of halogens is 1. The van der Waals surface area contributed by atoms with E-state index in [1.165, 1.54) is 0 Å². The number of aliphatic carboxylic acids is 1. The van der Waals surface area contributed by atoms with Crippen molar-refractivity contribution >= 4 is 52.9 Å². The van der Waals surface area contributed by atoms with Crippen LogP contribution in [0, 0.1) is 0 Å². The van der Waals surface area contributed by atoms with Crippen LogP contribution in [0.25, 0.3) is 0 Å². The summed E-state index contributed by atoms with van der Waals surface area (Å²) in [7, 11) is -1.26. The second kappa shape index (κ2) is 13.8. The molecule has 1 aromatic carbocycles. The van der Waals surface area contributed by atoms with E-state index in [2.05, 4.69) is 25.4 Å². The van der Waals surface area contributed by atoms with Crippen LogP contribution in [0.15, 0.2) is 30.3 Å². The highest BCUT2D eigenvalue weighted by Gasteiger charge is 2.28. The Bertz CT molecular complexity index is 846. The molecule has 0 radical (unpaired) electrons. The molecule has 2 unspecified atom stereocenters. The molecule has 5 N–H and O–H groups in total. The molecule has 12 heteroatoms. The number of carboxylic acid groups (broad SMARTS) is 1. The summed E-state index contributed by atoms with van der Waals surface area (Å²) in [6, 6.07) is 6.27. The molecule has 33 heavy (non-hydrogen) atoms. The number of hydrogen-bond acceptors (Lipinski definition) is 6. The SMILES string of the molecule is CS(C)(Br)CC(=O)CCC(NC(=O)C(CCC(N)=O)NC(=O)OCc1ccccc1)C(=O)O. The third kappa shape index (κ3) is 12.9. The summed E-state index contributed by atoms with van der Waals surface area (Å²) in [5, 5.41) is 14.1. The number of ketones is 1. The monoisotopic (exact) mass is 547 g/mol. The lowest BCUT2D eigenvalue weighted by Gasteiger charge is -2.23. The number of alkyl carbamates (subject to hydrolysis) is 1. The van der Waals surface area contributed by atoms with Gasteiger partial charge in [-0.2, -0.15) is 8.46 Å². The van der Waals surface area contributed by atoms with Crippen molar-refractivity contribution in [2.45, 2.75) is 44.4 Å². The average molecular weight is 548 g/mol. The van der Waals surface area contributed by atoms with E-state index in [1.54, 1.807) is 24.3 Å². The summed E-state index contributed by atoms with van der Waals surface area (Å²) in [6.45, 7) is -0.0391. The molecule has 0 bridgehead atoms. The van der Waals surface area contributed by atoms with E-state index in [0.717, 1.165) is 5.56 Å². The summed E-state index contributed by atoms with van der Waals surface area (Å²) in [5.74, 6) is -2.67. The van der Waals surface area contributed by atoms with Crippen LogP contribution >= 0.6 is 23.3 Å². The zero-order valence-corrected chi connectivity index (χ0v) is 20.9. The molecule has 0 fully saturated rings. The topological polar surface area (TPSA) is 165 Å². The average Bonchev–Trinajstić information content (AvgIpc) is 2.71. The van der Waals surface area contributed by atoms with Gasteiger partial charge in [-0.25, -0.2) is 9.59 Å². The first-order valence-corrected chi connectivity index (χ1v) is 14.5. The van der Waals surface area contributed by atoms with E-state index in [4.69, 9.17) is 10.5 Å². The van der Waals surface area contributed by atoms with Gasteiger partial charge in [-0.15, -0.1) is 0 Å². The number of amides is 3. The molecule has 10 nitrogen and oxygen atoms in total. The highest BCUT2D eigenvalue weighted by Crippen LogP contribution is 2.47. The Hall–Kier alpha value is -2.60. The fourth-order valence-electron chi connectivity index (χ4n) is 2.75. The van der Waals surface area contributed by atoms with Gasteiger partial charge in [-0.1, -0.05) is 30.3 Å². The van der Waals surface area contributed by atoms with Crippen LogP contribution in [0.1, 0.15) is 31.2 Å². The predicted octanol–water partition coefficient (Wildman–Crippen LogP) is 1.84. The van der Waals surface area contributed by atoms with Crippen LogP contribution < -0.4 is 16.4 Å². The van der Waals surface area contributed by atoms with Crippen molar-refractivity contribution in [2.75, 3.05) is 18.3 Å². The number of carbonyl (C=O) groups excluding carboxylic acids is 4. The molecular formula is C21H30BrN3O7S. The summed E-state index contributed by atoms with van der Waals surface area (Å²) >= 11 is 3.44. The summed E-state index contributed by atoms with van der Waals surface area (Å²) in [6.07, 6.45) is 2.39. The first-order valence-electron chi connectivity index (χ1n) is 10.1. The molecule has 0 aliphatic heterocycles. The zero-order chi connectivity index (χ0) is 25.0. The summed E-state index contributed by atoms with van der Waals surface area (Å²) in [4.78, 5) is 59.6. The van der Waals surface area contributed by atoms with Crippen molar-refractivity contribution in [1.29, 1.82) is 0 Å². The lowest BCUT2D eigenvalue weighted by atomic mass is 10.1. The smallest absolute Gasteiger partial charge is 0.408 e. The van der Waals surface area contributed by atoms with Gasteiger partial charge >= 0.3 is 12.1 Å². The Morgan fingerprint density at radius 3 is 2.18 bits per heavy atom. The quantitative estimate of drug-likeness (QED) is 0.275. The minimum absolute atomic E-state index is 0.0300. The first kappa shape index (κ1) is 28.4. The summed E-state index contributed by atoms with van der Waals surface area (Å²) < 4.78 is 5.08. The molecule has 0 saturated carbocycles. The molecular weight excluding hydrogens is 518 g/mol. The highest BCUT2D eigenvalue weighted by molar-refractivity contribution is 9.58. The Balaban J connectivity index is 2.73. The number of nitrogens with two attached hydrogens (primary N) is 1. The van der Waals surface area contributed by atoms with Gasteiger partial charge in [0.25, 0.3) is 0 Å². The molecule has 1 aromatic rings. The van der Waals surface area contributed by atoms with Crippen molar-refractivity contribution in [1.82, 2.24) is 10.6 Å². The number of Topliss-reactive ketones (excluding diaryl/α,β-unsaturated/α-hetero) is 1. The van der Waals surface area contributed by atoms with Crippen LogP contribution in [-0.4, -0.2) is 65.1 Å². The number of hydrogen-bond donors (Lipinski definition) is 4. The largest absolute Gasteiger partial charge is 0.480 e. The van der Waals surface area contributed by atoms with Gasteiger partial charge in [-0.3, -0.25) is 14.4 Å². The maximum atomic E-state index is 12.7. The Morgan fingerprint density at radius 1 is 1.03 bits per heavy atom. The second-order valence-corrected chi connectivity index (χ2v) is 16.1. The van der Waals surface area contributed by atoms with Gasteiger partial charge in [0.1, 0.15) is 24.5 Å². The molecule has 2 atom stereocenters. The molecule has 0 saturated heterocycles. The van der Waals surface area contributed by atoms with Gasteiger partial charge < -0.3 is 26.2 Å². The fourth-order valence-corrected chi connectivity index (χ4v) is 4.43. The zero-order valence-electron chi connectivity index (χ0n) is 18.5. The molecule has 0 spiro atoms. The minimum Gasteiger partial charge on any atom is -0.480 e. The van der Waals surface area contributed by atoms with Crippen LogP contribution in [-0.2, 0) is 30.5 Å². The maximum Gasteiger partial charge on any atom is 0.408 e. The Labute approximate surface area is 201 Å². The van der Waals surface area contributed by atoms with Crippen molar-refractivity contribution in [3.8, 4) is 0 Å². The fraction of sp³-hybridized carbons (Fsp3) is 0.476. The molecule has 0 aliphatic carbocycles. The van der Waals surface area contributed by atoms with Gasteiger partial charge in [0, 0.05) is 18.6 Å². The number of carboxylic acids is 1. The van der Waals surface area contributed by atoms with Crippen LogP contribution in [0.3, 0.4) is 0 Å². The molecule has 184 valence electrons. The highest BCUT2D eigenvalue weighted by atomic mass is 79.9. The van der Waals surface area contributed by atoms with E-state index < -0.39 is 44.4 Å². The van der Waals surface area contributed by atoms with Crippen molar-refractivity contribution < 1.29 is 33.8 Å². The molecule has 3 amide bonds. The number of benzene rings is 1. The van der Waals surface area contributed by atoms with E-state index in [1.807, 2.05) is 18.6 Å². The summed E-state index contributed by atoms with van der Waals surface area (Å²) in [5.41, 5.74) is 5.87. The van der Waals surface area contributed by atoms with Crippen molar-refractivity contribution in [3.63, 3.8) is 0 Å². The van der Waals surface area contributed by atoms with E-state index in [-0.39, 0.29) is 43.8 Å². The number of nitrogens with one attached hydrogen (secondary N) is 2. The van der Waals surface area contributed by atoms with Gasteiger partial charge in [-0.05, 0) is 45.7 Å². The number of primary amides is 1. The van der Waals surface area contributed by atoms with E-state index in [9.17, 15) is 29.1 Å². The van der Waals surface area contributed by atoms with Gasteiger partial charge in [0.15, 0.2) is 0 Å². The molecule has 0 aromatic heterocycles. The molecule has 0 heterocycles. The third-order valence-corrected chi connectivity index (χ3v) is 6.03. The first-order chi connectivity index (χ1) is 15.4. The van der Waals surface area contributed by atoms with Gasteiger partial charge in [0.2, 0.25) is 11.8 Å². The predicted molar refractivity (Wildman–Crippen MR) is 129 cm³/mol. The van der Waals surface area contributed by atoms with Crippen LogP contribution in [0.5, 0.6) is 0 Å². The van der Waals surface area contributed by atoms with Crippen molar-refractivity contribution in [2.24, 2.45) is 5.73 Å². The van der Waals surface area contributed by atoms with Crippen molar-refractivity contribution in [3.05, 3.63) is 35.9 Å². The molecule has 1 rings (SSSR count). The third-order valence-electron chi connectivity index (χ3n) is 4.33. The lowest BCUT2D eigenvalue weighted by Crippen LogP contribution is -2.52. The number of ether oxygens (including phenoxy) is 1. The normalized spacial score (nSPS) is 13.3. The lowest BCUT2D eigenvalue weighted by molar-refractivity contribution is -0.142. The Morgan fingerprint density at radius 2 is 1.64 bits per heavy atom. The minimum atomic E-state index is -1.34. The van der Waals surface area contributed by atoms with Crippen LogP contribution in [0.4, 0.5) is 4.79 Å². The Kier molecular flexibility index (Phi) is 11.9. The van der Waals surface area contributed by atoms with Gasteiger partial charge in [0.05, 0.1) is 0 Å². The second-order valence-electron chi connectivity index (χ2n) is 7.79. The van der Waals surface area contributed by atoms with E-state index >= 15 is 0 Å². The number of rotatable bonds is 14. The standard InChI is InChI=1S/C21H30BrN3O7S/c1-33(2,22)13-15(26)8-9-17(20(29)30)24-19(28)16(10-11-18(23)27)25-21(31)32-12-14-6-4-3-5-7-14/h3-7,16-17H,8-13H2,1-2H3,(H2,23,27)(H,24,28)(H,25,31)(H,29,30). The number of carbonyl (C=O) groups is 5. The molecule has 0 aliphatic rings. The van der Waals surface area contributed by atoms with Crippen LogP contribution in [0.2, 0.25) is 0 Å².